The Morgan fingerprint density at radius 3 is 2.14 bits per heavy atom. The molecule has 2 radical (unpaired) electrons. The fourth-order valence-electron chi connectivity index (χ4n) is 0.0340. The van der Waals surface area contributed by atoms with Gasteiger partial charge in [-0.15, -0.1) is 0 Å². The summed E-state index contributed by atoms with van der Waals surface area (Å²) in [5, 5.41) is 4.92. The van der Waals surface area contributed by atoms with Gasteiger partial charge < -0.3 is 5.43 Å². The van der Waals surface area contributed by atoms with Crippen LogP contribution in [0.25, 0.3) is 0 Å². The molecule has 0 heterocycles. The number of hydrogen-bond acceptors (Lipinski definition) is 4. The molecule has 0 amide bonds. The molecule has 3 nitrogen and oxygen atoms in total. The molecule has 0 bridgehead atoms. The standard InChI is InChI=1S/CH5N3S2.Pb.2H/c2-4-1(5)6-3;;;/h2-3H2,(H,4,5);;;. The van der Waals surface area contributed by atoms with Crippen molar-refractivity contribution in [3.8, 4) is 0 Å². The van der Waals surface area contributed by atoms with Crippen molar-refractivity contribution < 1.29 is 0 Å². The number of hydrogen-bond donors (Lipinski definition) is 3. The van der Waals surface area contributed by atoms with Gasteiger partial charge in [-0.25, -0.2) is 5.84 Å². The summed E-state index contributed by atoms with van der Waals surface area (Å²) in [5.74, 6) is 4.79. The molecule has 6 heteroatoms. The van der Waals surface area contributed by atoms with Crippen LogP contribution in [-0.4, -0.2) is 31.6 Å². The van der Waals surface area contributed by atoms with Crippen LogP contribution in [0, 0.1) is 0 Å². The quantitative estimate of drug-likeness (QED) is 0.164. The zero-order chi connectivity index (χ0) is 4.99. The molecule has 0 unspecified atom stereocenters. The fraction of sp³-hybridized carbons (Fsp3) is 0. The van der Waals surface area contributed by atoms with Crippen molar-refractivity contribution in [3.63, 3.8) is 0 Å². The summed E-state index contributed by atoms with van der Waals surface area (Å²) >= 11 is 5.38. The molecule has 5 N–H and O–H groups in total. The first kappa shape index (κ1) is 11.0. The van der Waals surface area contributed by atoms with E-state index in [2.05, 4.69) is 17.6 Å². The van der Waals surface area contributed by atoms with E-state index < -0.39 is 0 Å². The second kappa shape index (κ2) is 7.08. The van der Waals surface area contributed by atoms with E-state index in [-0.39, 0.29) is 27.3 Å². The van der Waals surface area contributed by atoms with Crippen molar-refractivity contribution in [1.82, 2.24) is 5.43 Å². The van der Waals surface area contributed by atoms with Crippen molar-refractivity contribution in [2.75, 3.05) is 0 Å². The van der Waals surface area contributed by atoms with Gasteiger partial charge in [-0.1, -0.05) is 12.2 Å². The zero-order valence-corrected chi connectivity index (χ0v) is 10.8. The Morgan fingerprint density at radius 2 is 2.14 bits per heavy atom. The van der Waals surface area contributed by atoms with Crippen molar-refractivity contribution in [2.24, 2.45) is 11.0 Å². The Bertz CT molecular complexity index is 50.9. The van der Waals surface area contributed by atoms with Crippen molar-refractivity contribution in [1.29, 1.82) is 0 Å². The minimum atomic E-state index is 0. The molecule has 0 saturated heterocycles. The molecule has 0 aliphatic rings. The Hall–Kier alpha value is 1.08. The summed E-state index contributed by atoms with van der Waals surface area (Å²) in [6.07, 6.45) is 0. The predicted molar refractivity (Wildman–Crippen MR) is 40.2 cm³/mol. The van der Waals surface area contributed by atoms with Crippen LogP contribution in [0.5, 0.6) is 0 Å². The van der Waals surface area contributed by atoms with Crippen molar-refractivity contribution >= 4 is 55.8 Å². The number of rotatable bonds is 0. The maximum atomic E-state index is 4.92. The van der Waals surface area contributed by atoms with Crippen LogP contribution in [-0.2, 0) is 0 Å². The van der Waals surface area contributed by atoms with E-state index in [4.69, 9.17) is 11.0 Å². The van der Waals surface area contributed by atoms with Gasteiger partial charge >= 0.3 is 27.3 Å². The number of nitrogens with one attached hydrogen (secondary N) is 1. The average Bonchev–Trinajstić information content (AvgIpc) is 1.65. The molecule has 0 aliphatic heterocycles. The van der Waals surface area contributed by atoms with E-state index >= 15 is 0 Å². The number of thiocarbonyl (C=S) groups is 1. The molecule has 42 valence electrons. The van der Waals surface area contributed by atoms with Crippen LogP contribution in [0.4, 0.5) is 0 Å². The molecule has 0 aromatic rings. The van der Waals surface area contributed by atoms with Gasteiger partial charge in [0.15, 0.2) is 4.32 Å². The van der Waals surface area contributed by atoms with Crippen LogP contribution >= 0.6 is 24.2 Å². The van der Waals surface area contributed by atoms with Crippen LogP contribution in [0.15, 0.2) is 0 Å². The monoisotopic (exact) mass is 333 g/mol. The van der Waals surface area contributed by atoms with Crippen LogP contribution < -0.4 is 16.4 Å². The molecule has 0 aliphatic carbocycles. The normalized spacial score (nSPS) is 6.57. The summed E-state index contributed by atoms with van der Waals surface area (Å²) in [5.41, 5.74) is 2.18. The zero-order valence-electron chi connectivity index (χ0n) is 3.68. The Kier molecular flexibility index (Phi) is 11.1. The van der Waals surface area contributed by atoms with Crippen molar-refractivity contribution in [2.45, 2.75) is 0 Å². The van der Waals surface area contributed by atoms with E-state index in [1.54, 1.807) is 0 Å². The molecular formula is CH7N3PbS2. The van der Waals surface area contributed by atoms with E-state index in [1.165, 1.54) is 0 Å². The summed E-state index contributed by atoms with van der Waals surface area (Å²) in [7, 11) is 0. The molecule has 0 atom stereocenters. The van der Waals surface area contributed by atoms with E-state index in [1.807, 2.05) is 0 Å². The van der Waals surface area contributed by atoms with Gasteiger partial charge in [-0.2, -0.15) is 0 Å². The van der Waals surface area contributed by atoms with Gasteiger partial charge in [-0.05, 0) is 11.9 Å². The SMILES string of the molecule is NNC(=S)SN.[PbH2]. The molecule has 0 aromatic carbocycles. The first-order valence-corrected chi connectivity index (χ1v) is 2.47. The van der Waals surface area contributed by atoms with Crippen LogP contribution in [0.1, 0.15) is 0 Å². The molecule has 7 heavy (non-hydrogen) atoms. The Morgan fingerprint density at radius 1 is 1.71 bits per heavy atom. The molecule has 0 aromatic heterocycles. The molecular weight excluding hydrogens is 325 g/mol. The third-order valence-corrected chi connectivity index (χ3v) is 0.963. The second-order valence-corrected chi connectivity index (χ2v) is 1.86. The number of hydrazine groups is 1. The fourth-order valence-corrected chi connectivity index (χ4v) is 0.102. The second-order valence-electron chi connectivity index (χ2n) is 0.550. The molecule has 0 saturated carbocycles. The molecule has 0 spiro atoms. The summed E-state index contributed by atoms with van der Waals surface area (Å²) < 4.78 is 0.398. The van der Waals surface area contributed by atoms with E-state index in [0.29, 0.717) is 4.32 Å². The van der Waals surface area contributed by atoms with Crippen molar-refractivity contribution in [3.05, 3.63) is 0 Å². The van der Waals surface area contributed by atoms with Gasteiger partial charge in [0.2, 0.25) is 0 Å². The van der Waals surface area contributed by atoms with Crippen LogP contribution in [0.2, 0.25) is 0 Å². The summed E-state index contributed by atoms with van der Waals surface area (Å²) in [6, 6.07) is 0. The topological polar surface area (TPSA) is 64.1 Å². The minimum absolute atomic E-state index is 0. The summed E-state index contributed by atoms with van der Waals surface area (Å²) in [6.45, 7) is 0. The third-order valence-electron chi connectivity index (χ3n) is 0.225. The Labute approximate surface area is 71.8 Å². The number of nitrogens with two attached hydrogens (primary N) is 2. The predicted octanol–water partition coefficient (Wildman–Crippen LogP) is -1.57. The summed E-state index contributed by atoms with van der Waals surface area (Å²) in [4.78, 5) is 0. The van der Waals surface area contributed by atoms with Gasteiger partial charge in [0, 0.05) is 0 Å². The van der Waals surface area contributed by atoms with Gasteiger partial charge in [0.05, 0.1) is 0 Å². The molecule has 0 fully saturated rings. The van der Waals surface area contributed by atoms with E-state index in [0.717, 1.165) is 11.9 Å². The van der Waals surface area contributed by atoms with Gasteiger partial charge in [0.25, 0.3) is 0 Å². The van der Waals surface area contributed by atoms with Gasteiger partial charge in [-0.3, -0.25) is 5.14 Å². The van der Waals surface area contributed by atoms with Gasteiger partial charge in [0.1, 0.15) is 0 Å². The first-order chi connectivity index (χ1) is 2.81. The first-order valence-electron chi connectivity index (χ1n) is 1.18. The average molecular weight is 332 g/mol. The Balaban J connectivity index is 0. The molecule has 0 rings (SSSR count). The maximum absolute atomic E-state index is 4.92. The van der Waals surface area contributed by atoms with E-state index in [9.17, 15) is 0 Å². The third kappa shape index (κ3) is 7.08. The van der Waals surface area contributed by atoms with Crippen LogP contribution in [0.3, 0.4) is 0 Å².